The molecule has 8 aromatic rings. The van der Waals surface area contributed by atoms with Gasteiger partial charge in [-0.15, -0.1) is 0 Å². The van der Waals surface area contributed by atoms with Crippen molar-refractivity contribution in [1.82, 2.24) is 24.2 Å². The maximum Gasteiger partial charge on any atom is 0.405 e. The van der Waals surface area contributed by atoms with Crippen LogP contribution < -0.4 is 46.5 Å². The summed E-state index contributed by atoms with van der Waals surface area (Å²) >= 11 is 0. The fourth-order valence-electron chi connectivity index (χ4n) is 11.7. The average molecular weight is 1210 g/mol. The molecule has 0 amide bonds. The predicted octanol–water partition coefficient (Wildman–Crippen LogP) is 8.99. The zero-order valence-corrected chi connectivity index (χ0v) is 50.3. The van der Waals surface area contributed by atoms with Crippen molar-refractivity contribution in [2.24, 2.45) is 0 Å². The number of unbranched alkanes of at least 4 members (excludes halogenated alkanes) is 1. The molecule has 2 saturated heterocycles. The molecular weight excluding hydrogens is 1130 g/mol. The largest absolute Gasteiger partial charge is 0.497 e. The lowest BCUT2D eigenvalue weighted by atomic mass is 9.64. The van der Waals surface area contributed by atoms with Crippen LogP contribution in [0.4, 0.5) is 0 Å². The van der Waals surface area contributed by atoms with E-state index >= 15 is 4.57 Å². The van der Waals surface area contributed by atoms with Crippen LogP contribution in [0.3, 0.4) is 0 Å². The van der Waals surface area contributed by atoms with E-state index in [4.69, 9.17) is 42.2 Å². The number of hydrogen-bond acceptors (Lipinski definition) is 15. The molecule has 87 heavy (non-hydrogen) atoms. The van der Waals surface area contributed by atoms with Gasteiger partial charge in [-0.2, -0.15) is 0 Å². The first-order valence-electron chi connectivity index (χ1n) is 28.8. The van der Waals surface area contributed by atoms with Crippen LogP contribution in [-0.2, 0) is 38.8 Å². The number of aromatic nitrogens is 4. The maximum atomic E-state index is 16.2. The van der Waals surface area contributed by atoms with E-state index in [-0.39, 0.29) is 30.5 Å². The molecule has 0 radical (unpaired) electrons. The van der Waals surface area contributed by atoms with Gasteiger partial charge < -0.3 is 38.3 Å². The Morgan fingerprint density at radius 3 is 1.44 bits per heavy atom. The summed E-state index contributed by atoms with van der Waals surface area (Å²) in [5.41, 5.74) is -1.11. The monoisotopic (exact) mass is 1210 g/mol. The van der Waals surface area contributed by atoms with Gasteiger partial charge in [-0.3, -0.25) is 37.7 Å². The summed E-state index contributed by atoms with van der Waals surface area (Å²) < 4.78 is 76.1. The molecule has 2 aliphatic rings. The van der Waals surface area contributed by atoms with Gasteiger partial charge in [0.15, 0.2) is 0 Å². The zero-order valence-electron chi connectivity index (χ0n) is 49.5. The van der Waals surface area contributed by atoms with Crippen LogP contribution in [0.15, 0.2) is 189 Å². The Hall–Kier alpha value is -8.17. The Kier molecular flexibility index (Phi) is 19.1. The van der Waals surface area contributed by atoms with Gasteiger partial charge in [0.1, 0.15) is 65.5 Å². The van der Waals surface area contributed by atoms with Crippen molar-refractivity contribution in [2.75, 3.05) is 41.6 Å². The summed E-state index contributed by atoms with van der Waals surface area (Å²) in [6.45, 7) is 4.78. The zero-order chi connectivity index (χ0) is 61.5. The maximum absolute atomic E-state index is 16.2. The SMILES string of the molecule is CCCCNP(=O)(OC[C@H]1O[C@@H](n2cc(C)c(=O)[nH]c2=O)C[C@@H]1OC(c1ccccc1)(c1ccc(OC)cc1)c1ccc(OC)cc1)O[C@H]1C[C@H](n2cc(C)c(=O)[nH]c2=O)O[C@@H]1C(O)C(c1ccccc1)(c1ccc(OC)cc1)c1ccc(OC)cc1. The Balaban J connectivity index is 1.09. The van der Waals surface area contributed by atoms with Crippen molar-refractivity contribution in [2.45, 2.75) is 100 Å². The lowest BCUT2D eigenvalue weighted by Gasteiger charge is -2.43. The van der Waals surface area contributed by atoms with Gasteiger partial charge in [-0.05, 0) is 102 Å². The van der Waals surface area contributed by atoms with Gasteiger partial charge in [0.05, 0.1) is 46.6 Å². The molecule has 2 aromatic heterocycles. The normalized spacial score (nSPS) is 19.7. The minimum Gasteiger partial charge on any atom is -0.497 e. The molecule has 0 spiro atoms. The van der Waals surface area contributed by atoms with E-state index in [1.54, 1.807) is 66.6 Å². The van der Waals surface area contributed by atoms with E-state index < -0.39 is 90.8 Å². The van der Waals surface area contributed by atoms with Crippen molar-refractivity contribution in [1.29, 1.82) is 0 Å². The van der Waals surface area contributed by atoms with E-state index in [9.17, 15) is 24.3 Å². The van der Waals surface area contributed by atoms with Crippen molar-refractivity contribution >= 4 is 7.75 Å². The summed E-state index contributed by atoms with van der Waals surface area (Å²) in [7, 11) is 1.63. The molecule has 6 aromatic carbocycles. The Morgan fingerprint density at radius 1 is 0.586 bits per heavy atom. The molecule has 456 valence electrons. The standard InChI is InChI=1S/C66H72N5O15P/c1-8-9-36-67-87(77,82-41-56-54(37-57(83-56)70-39-42(2)61(73)68-63(70)75)85-66(47-18-14-11-15-19-47,48-24-32-52(80-6)33-25-48)49-26-34-53(81-7)35-27-49)86-55-38-58(71-40-43(3)62(74)69-64(71)76)84-59(55)60(72)65(44-16-12-10-13-17-44,45-20-28-50(78-4)29-21-45)46-22-30-51(79-5)31-23-46/h10-35,39-40,54-60,72H,8-9,36-38,41H2,1-7H3,(H,67,77)(H,68,73,75)(H,69,74,76)/t54-,55-,56+,57+,58+,59-,60?,87?/m0/s1. The minimum atomic E-state index is -4.65. The highest BCUT2D eigenvalue weighted by Gasteiger charge is 2.55. The number of hydrogen-bond donors (Lipinski definition) is 4. The van der Waals surface area contributed by atoms with Crippen LogP contribution in [0.25, 0.3) is 0 Å². The molecule has 2 fully saturated rings. The second kappa shape index (κ2) is 26.8. The number of benzene rings is 6. The third-order valence-electron chi connectivity index (χ3n) is 16.3. The van der Waals surface area contributed by atoms with Crippen molar-refractivity contribution in [3.63, 3.8) is 0 Å². The van der Waals surface area contributed by atoms with E-state index in [0.29, 0.717) is 63.7 Å². The molecule has 0 aliphatic carbocycles. The molecule has 21 heteroatoms. The van der Waals surface area contributed by atoms with Gasteiger partial charge >= 0.3 is 19.1 Å². The quantitative estimate of drug-likeness (QED) is 0.0237. The van der Waals surface area contributed by atoms with Crippen molar-refractivity contribution < 1.29 is 51.9 Å². The topological polar surface area (TPSA) is 242 Å². The number of aliphatic hydroxyl groups is 1. The number of aromatic amines is 2. The van der Waals surface area contributed by atoms with Crippen LogP contribution in [0, 0.1) is 13.8 Å². The molecule has 4 heterocycles. The number of H-pyrrole nitrogens is 2. The highest BCUT2D eigenvalue weighted by Crippen LogP contribution is 2.54. The lowest BCUT2D eigenvalue weighted by Crippen LogP contribution is -2.52. The van der Waals surface area contributed by atoms with Gasteiger partial charge in [-0.1, -0.05) is 123 Å². The van der Waals surface area contributed by atoms with E-state index in [1.807, 2.05) is 140 Å². The molecule has 8 atom stereocenters. The van der Waals surface area contributed by atoms with E-state index in [0.717, 1.165) is 5.56 Å². The first-order chi connectivity index (χ1) is 42.1. The average Bonchev–Trinajstić information content (AvgIpc) is 1.82. The van der Waals surface area contributed by atoms with Gasteiger partial charge in [0, 0.05) is 42.9 Å². The number of ether oxygens (including phenoxy) is 7. The smallest absolute Gasteiger partial charge is 0.405 e. The number of nitrogens with one attached hydrogen (secondary N) is 3. The molecule has 10 rings (SSSR count). The van der Waals surface area contributed by atoms with Crippen LogP contribution in [-0.4, -0.2) is 96.3 Å². The van der Waals surface area contributed by atoms with E-state index in [1.165, 1.54) is 21.5 Å². The van der Waals surface area contributed by atoms with Crippen LogP contribution in [0.2, 0.25) is 0 Å². The molecule has 2 aliphatic heterocycles. The second-order valence-electron chi connectivity index (χ2n) is 21.5. The fraction of sp³-hybridized carbons (Fsp3) is 0.333. The summed E-state index contributed by atoms with van der Waals surface area (Å²) in [5, 5.41) is 16.9. The van der Waals surface area contributed by atoms with E-state index in [2.05, 4.69) is 15.1 Å². The molecule has 20 nitrogen and oxygen atoms in total. The van der Waals surface area contributed by atoms with Crippen LogP contribution in [0.1, 0.15) is 89.6 Å². The number of rotatable bonds is 25. The number of aryl methyl sites for hydroxylation is 2. The number of aliphatic hydroxyl groups excluding tert-OH is 1. The Labute approximate surface area is 503 Å². The predicted molar refractivity (Wildman–Crippen MR) is 326 cm³/mol. The Morgan fingerprint density at radius 2 is 0.989 bits per heavy atom. The summed E-state index contributed by atoms with van der Waals surface area (Å²) in [4.78, 5) is 58.0. The lowest BCUT2D eigenvalue weighted by molar-refractivity contribution is -0.103. The second-order valence-corrected chi connectivity index (χ2v) is 23.3. The summed E-state index contributed by atoms with van der Waals surface area (Å²) in [6.07, 6.45) is -4.83. The first kappa shape index (κ1) is 61.9. The molecular formula is C66H72N5O15P. The molecule has 2 unspecified atom stereocenters. The first-order valence-corrected chi connectivity index (χ1v) is 30.3. The number of nitrogens with zero attached hydrogens (tertiary/aromatic N) is 2. The van der Waals surface area contributed by atoms with Gasteiger partial charge in [-0.25, -0.2) is 19.2 Å². The Bertz CT molecular complexity index is 3800. The van der Waals surface area contributed by atoms with Crippen molar-refractivity contribution in [3.05, 3.63) is 256 Å². The summed E-state index contributed by atoms with van der Waals surface area (Å²) in [5.74, 6) is 2.33. The fourth-order valence-corrected chi connectivity index (χ4v) is 13.3. The third-order valence-corrected chi connectivity index (χ3v) is 18.0. The molecule has 0 saturated carbocycles. The van der Waals surface area contributed by atoms with Crippen LogP contribution >= 0.6 is 7.75 Å². The highest BCUT2D eigenvalue weighted by molar-refractivity contribution is 7.51. The number of methoxy groups -OCH3 is 4. The van der Waals surface area contributed by atoms with Gasteiger partial charge in [0.25, 0.3) is 11.1 Å². The third kappa shape index (κ3) is 12.7. The summed E-state index contributed by atoms with van der Waals surface area (Å²) in [6, 6.07) is 48.5. The van der Waals surface area contributed by atoms with Gasteiger partial charge in [0.2, 0.25) is 0 Å². The van der Waals surface area contributed by atoms with Crippen molar-refractivity contribution in [3.8, 4) is 23.0 Å². The van der Waals surface area contributed by atoms with Crippen LogP contribution in [0.5, 0.6) is 23.0 Å². The highest BCUT2D eigenvalue weighted by atomic mass is 31.2. The molecule has 0 bridgehead atoms. The minimum absolute atomic E-state index is 0.0206. The molecule has 4 N–H and O–H groups in total.